The standard InChI is InChI=1S/C21H20FN5O/c1-3-4-13-9-18(24-11-13)26-19-10-17(23)25-21(27-19)28-16-6-5-14-7-12(2)8-15(14)20(16)22/h3-6,8-10H,7,11H2,1-2H3,(H3,23,24,25,26,27)/b4-3+. The van der Waals surface area contributed by atoms with Crippen molar-refractivity contribution in [2.75, 3.05) is 17.6 Å². The highest BCUT2D eigenvalue weighted by molar-refractivity contribution is 6.05. The number of aromatic nitrogens is 2. The number of aliphatic imine (C=N–C) groups is 1. The summed E-state index contributed by atoms with van der Waals surface area (Å²) in [6, 6.07) is 4.99. The van der Waals surface area contributed by atoms with E-state index in [1.165, 1.54) is 0 Å². The van der Waals surface area contributed by atoms with E-state index in [4.69, 9.17) is 10.5 Å². The van der Waals surface area contributed by atoms with Gasteiger partial charge in [-0.1, -0.05) is 29.9 Å². The number of fused-ring (bicyclic) bond motifs is 1. The van der Waals surface area contributed by atoms with Gasteiger partial charge in [0, 0.05) is 11.6 Å². The average Bonchev–Trinajstić information content (AvgIpc) is 3.23. The molecule has 28 heavy (non-hydrogen) atoms. The summed E-state index contributed by atoms with van der Waals surface area (Å²) in [5, 5.41) is 3.08. The number of nitrogens with one attached hydrogen (secondary N) is 1. The molecule has 0 atom stereocenters. The first-order chi connectivity index (χ1) is 13.5. The zero-order valence-corrected chi connectivity index (χ0v) is 15.7. The molecule has 1 aliphatic carbocycles. The molecule has 7 heteroatoms. The molecule has 6 nitrogen and oxygen atoms in total. The topological polar surface area (TPSA) is 85.4 Å². The van der Waals surface area contributed by atoms with Gasteiger partial charge in [-0.15, -0.1) is 0 Å². The summed E-state index contributed by atoms with van der Waals surface area (Å²) < 4.78 is 20.4. The Bertz CT molecular complexity index is 1070. The van der Waals surface area contributed by atoms with Gasteiger partial charge >= 0.3 is 6.01 Å². The van der Waals surface area contributed by atoms with Crippen molar-refractivity contribution in [1.29, 1.82) is 0 Å². The van der Waals surface area contributed by atoms with E-state index in [1.54, 1.807) is 12.1 Å². The van der Waals surface area contributed by atoms with Crippen LogP contribution in [0.3, 0.4) is 0 Å². The van der Waals surface area contributed by atoms with Crippen LogP contribution in [-0.4, -0.2) is 22.3 Å². The van der Waals surface area contributed by atoms with Crippen molar-refractivity contribution in [3.05, 3.63) is 64.5 Å². The predicted molar refractivity (Wildman–Crippen MR) is 109 cm³/mol. The monoisotopic (exact) mass is 377 g/mol. The van der Waals surface area contributed by atoms with E-state index in [0.717, 1.165) is 23.1 Å². The van der Waals surface area contributed by atoms with Crippen LogP contribution in [0.5, 0.6) is 11.8 Å². The smallest absolute Gasteiger partial charge is 0.326 e. The second-order valence-electron chi connectivity index (χ2n) is 6.73. The second-order valence-corrected chi connectivity index (χ2v) is 6.73. The molecule has 0 spiro atoms. The molecule has 4 rings (SSSR count). The summed E-state index contributed by atoms with van der Waals surface area (Å²) in [6.07, 6.45) is 8.46. The third kappa shape index (κ3) is 3.64. The molecule has 0 unspecified atom stereocenters. The van der Waals surface area contributed by atoms with Crippen molar-refractivity contribution in [2.45, 2.75) is 20.3 Å². The van der Waals surface area contributed by atoms with Gasteiger partial charge in [0.05, 0.1) is 6.54 Å². The molecular formula is C21H20FN5O. The first kappa shape index (κ1) is 17.9. The van der Waals surface area contributed by atoms with Crippen LogP contribution < -0.4 is 15.8 Å². The molecule has 0 bridgehead atoms. The molecule has 0 fully saturated rings. The zero-order valence-electron chi connectivity index (χ0n) is 15.7. The maximum absolute atomic E-state index is 14.8. The van der Waals surface area contributed by atoms with Crippen LogP contribution in [0.15, 0.2) is 52.6 Å². The molecule has 2 aliphatic rings. The van der Waals surface area contributed by atoms with Gasteiger partial charge in [0.25, 0.3) is 0 Å². The molecule has 0 saturated heterocycles. The van der Waals surface area contributed by atoms with Crippen molar-refractivity contribution in [3.63, 3.8) is 0 Å². The van der Waals surface area contributed by atoms with Crippen molar-refractivity contribution in [1.82, 2.24) is 9.97 Å². The number of amidine groups is 1. The van der Waals surface area contributed by atoms with E-state index in [9.17, 15) is 4.39 Å². The van der Waals surface area contributed by atoms with Crippen molar-refractivity contribution >= 4 is 23.5 Å². The Morgan fingerprint density at radius 2 is 2.11 bits per heavy atom. The molecular weight excluding hydrogens is 357 g/mol. The summed E-state index contributed by atoms with van der Waals surface area (Å²) in [5.41, 5.74) is 9.57. The molecule has 1 aromatic carbocycles. The number of ether oxygens (including phenoxy) is 1. The number of benzene rings is 1. The summed E-state index contributed by atoms with van der Waals surface area (Å²) in [6.45, 7) is 4.53. The average molecular weight is 377 g/mol. The van der Waals surface area contributed by atoms with Gasteiger partial charge in [-0.05, 0) is 43.5 Å². The molecule has 3 N–H and O–H groups in total. The first-order valence-electron chi connectivity index (χ1n) is 8.97. The highest BCUT2D eigenvalue weighted by atomic mass is 19.1. The Hall–Kier alpha value is -3.48. The van der Waals surface area contributed by atoms with E-state index in [-0.39, 0.29) is 17.6 Å². The van der Waals surface area contributed by atoms with Gasteiger partial charge in [-0.3, -0.25) is 4.99 Å². The first-order valence-corrected chi connectivity index (χ1v) is 8.97. The SMILES string of the molecule is C/C=C/C1=CC(Nc2cc(N)nc(Oc3ccc4c(c3F)C=C(C)C4)n2)=NC1. The third-order valence-corrected chi connectivity index (χ3v) is 4.41. The van der Waals surface area contributed by atoms with Gasteiger partial charge in [-0.25, -0.2) is 4.39 Å². The third-order valence-electron chi connectivity index (χ3n) is 4.41. The van der Waals surface area contributed by atoms with Crippen LogP contribution in [0.25, 0.3) is 6.08 Å². The van der Waals surface area contributed by atoms with E-state index in [1.807, 2.05) is 44.2 Å². The molecule has 2 aromatic rings. The molecule has 0 radical (unpaired) electrons. The molecule has 142 valence electrons. The Morgan fingerprint density at radius 3 is 2.93 bits per heavy atom. The van der Waals surface area contributed by atoms with Crippen LogP contribution in [0.2, 0.25) is 0 Å². The Morgan fingerprint density at radius 1 is 1.25 bits per heavy atom. The Kier molecular flexibility index (Phi) is 4.65. The quantitative estimate of drug-likeness (QED) is 0.831. The lowest BCUT2D eigenvalue weighted by atomic mass is 10.1. The van der Waals surface area contributed by atoms with Crippen LogP contribution in [-0.2, 0) is 6.42 Å². The minimum absolute atomic E-state index is 0.0312. The van der Waals surface area contributed by atoms with Crippen LogP contribution in [0.4, 0.5) is 16.0 Å². The van der Waals surface area contributed by atoms with Crippen molar-refractivity contribution < 1.29 is 9.13 Å². The largest absolute Gasteiger partial charge is 0.421 e. The number of anilines is 2. The lowest BCUT2D eigenvalue weighted by Crippen LogP contribution is -2.10. The molecule has 0 saturated carbocycles. The maximum Gasteiger partial charge on any atom is 0.326 e. The summed E-state index contributed by atoms with van der Waals surface area (Å²) in [4.78, 5) is 12.7. The van der Waals surface area contributed by atoms with Gasteiger partial charge in [-0.2, -0.15) is 9.97 Å². The molecule has 2 heterocycles. The van der Waals surface area contributed by atoms with Gasteiger partial charge in [0.1, 0.15) is 17.5 Å². The fourth-order valence-corrected chi connectivity index (χ4v) is 3.22. The predicted octanol–water partition coefficient (Wildman–Crippen LogP) is 4.28. The number of nitrogens with two attached hydrogens (primary N) is 1. The van der Waals surface area contributed by atoms with E-state index >= 15 is 0 Å². The number of halogens is 1. The number of nitrogens with zero attached hydrogens (tertiary/aromatic N) is 3. The van der Waals surface area contributed by atoms with Crippen LogP contribution >= 0.6 is 0 Å². The lowest BCUT2D eigenvalue weighted by molar-refractivity contribution is 0.412. The summed E-state index contributed by atoms with van der Waals surface area (Å²) in [7, 11) is 0. The number of rotatable bonds is 4. The fourth-order valence-electron chi connectivity index (χ4n) is 3.22. The second kappa shape index (κ2) is 7.26. The Balaban J connectivity index is 1.56. The number of hydrogen-bond acceptors (Lipinski definition) is 6. The van der Waals surface area contributed by atoms with Crippen molar-refractivity contribution in [3.8, 4) is 11.8 Å². The number of nitrogen functional groups attached to an aromatic ring is 1. The van der Waals surface area contributed by atoms with Gasteiger partial charge < -0.3 is 15.8 Å². The maximum atomic E-state index is 14.8. The molecule has 1 aliphatic heterocycles. The highest BCUT2D eigenvalue weighted by Crippen LogP contribution is 2.33. The van der Waals surface area contributed by atoms with Gasteiger partial charge in [0.15, 0.2) is 11.6 Å². The minimum atomic E-state index is -0.422. The summed E-state index contributed by atoms with van der Waals surface area (Å²) in [5.74, 6) is 0.947. The van der Waals surface area contributed by atoms with E-state index in [0.29, 0.717) is 23.8 Å². The molecule has 0 amide bonds. The van der Waals surface area contributed by atoms with E-state index in [2.05, 4.69) is 20.3 Å². The van der Waals surface area contributed by atoms with Crippen molar-refractivity contribution in [2.24, 2.45) is 4.99 Å². The normalized spacial score (nSPS) is 15.3. The number of allylic oxidation sites excluding steroid dienone is 2. The Labute approximate surface area is 162 Å². The zero-order chi connectivity index (χ0) is 19.7. The summed E-state index contributed by atoms with van der Waals surface area (Å²) >= 11 is 0. The van der Waals surface area contributed by atoms with E-state index < -0.39 is 5.82 Å². The number of hydrogen-bond donors (Lipinski definition) is 2. The lowest BCUT2D eigenvalue weighted by Gasteiger charge is -2.10. The van der Waals surface area contributed by atoms with Crippen LogP contribution in [0.1, 0.15) is 25.0 Å². The molecule has 1 aromatic heterocycles. The van der Waals surface area contributed by atoms with Crippen LogP contribution in [0, 0.1) is 5.82 Å². The minimum Gasteiger partial charge on any atom is -0.421 e. The highest BCUT2D eigenvalue weighted by Gasteiger charge is 2.19. The fraction of sp³-hybridized carbons (Fsp3) is 0.190. The van der Waals surface area contributed by atoms with Gasteiger partial charge in [0.2, 0.25) is 0 Å².